The third kappa shape index (κ3) is 4.52. The molecule has 3 heterocycles. The first-order chi connectivity index (χ1) is 14.1. The summed E-state index contributed by atoms with van der Waals surface area (Å²) in [5.41, 5.74) is 0.964. The summed E-state index contributed by atoms with van der Waals surface area (Å²) < 4.78 is 7.15. The molecule has 2 aromatic heterocycles. The Morgan fingerprint density at radius 2 is 2.10 bits per heavy atom. The molecule has 0 spiro atoms. The highest BCUT2D eigenvalue weighted by Gasteiger charge is 2.30. The van der Waals surface area contributed by atoms with Gasteiger partial charge in [0.2, 0.25) is 5.91 Å². The minimum absolute atomic E-state index is 0. The van der Waals surface area contributed by atoms with E-state index in [-0.39, 0.29) is 36.6 Å². The van der Waals surface area contributed by atoms with E-state index >= 15 is 0 Å². The van der Waals surface area contributed by atoms with Crippen LogP contribution in [0, 0.1) is 0 Å². The van der Waals surface area contributed by atoms with Gasteiger partial charge in [0.1, 0.15) is 11.9 Å². The van der Waals surface area contributed by atoms with Crippen molar-refractivity contribution in [1.29, 1.82) is 0 Å². The Bertz CT molecular complexity index is 1000. The molecule has 158 valence electrons. The largest absolute Gasteiger partial charge is 0.355 e. The van der Waals surface area contributed by atoms with E-state index in [1.54, 1.807) is 17.2 Å². The third-order valence-corrected chi connectivity index (χ3v) is 4.92. The molecule has 0 radical (unpaired) electrons. The lowest BCUT2D eigenvalue weighted by atomic mass is 10.1. The van der Waals surface area contributed by atoms with E-state index in [0.29, 0.717) is 25.4 Å². The number of benzene rings is 1. The van der Waals surface area contributed by atoms with E-state index in [2.05, 4.69) is 20.8 Å². The molecule has 1 aromatic carbocycles. The summed E-state index contributed by atoms with van der Waals surface area (Å²) in [6, 6.07) is 10.8. The number of hydrogen-bond donors (Lipinski definition) is 2. The van der Waals surface area contributed by atoms with Crippen molar-refractivity contribution < 1.29 is 14.1 Å². The topological polar surface area (TPSA) is 105 Å². The zero-order valence-electron chi connectivity index (χ0n) is 16.4. The third-order valence-electron chi connectivity index (χ3n) is 4.92. The molecule has 1 saturated heterocycles. The van der Waals surface area contributed by atoms with Gasteiger partial charge in [-0.15, -0.1) is 12.4 Å². The first kappa shape index (κ1) is 21.5. The summed E-state index contributed by atoms with van der Waals surface area (Å²) in [7, 11) is 1.90. The van der Waals surface area contributed by atoms with Crippen LogP contribution in [0.3, 0.4) is 0 Å². The molecule has 9 nitrogen and oxygen atoms in total. The minimum atomic E-state index is -0.451. The van der Waals surface area contributed by atoms with Crippen LogP contribution in [0.1, 0.15) is 22.4 Å². The van der Waals surface area contributed by atoms with Gasteiger partial charge in [0.15, 0.2) is 11.5 Å². The molecule has 0 bridgehead atoms. The Balaban J connectivity index is 0.00000256. The zero-order valence-corrected chi connectivity index (χ0v) is 17.3. The number of carbonyl (C=O) groups is 2. The number of halogens is 1. The monoisotopic (exact) mass is 430 g/mol. The van der Waals surface area contributed by atoms with Gasteiger partial charge >= 0.3 is 0 Å². The quantitative estimate of drug-likeness (QED) is 0.634. The highest BCUT2D eigenvalue weighted by molar-refractivity contribution is 5.95. The maximum Gasteiger partial charge on any atom is 0.273 e. The number of carbonyl (C=O) groups excluding carboxylic acids is 2. The van der Waals surface area contributed by atoms with Crippen LogP contribution in [-0.4, -0.2) is 57.6 Å². The van der Waals surface area contributed by atoms with Crippen LogP contribution >= 0.6 is 12.4 Å². The number of rotatable bonds is 5. The van der Waals surface area contributed by atoms with E-state index in [9.17, 15) is 9.59 Å². The number of nitrogens with zero attached hydrogens (tertiary/aromatic N) is 4. The van der Waals surface area contributed by atoms with Crippen LogP contribution in [0.15, 0.2) is 53.3 Å². The molecule has 2 amide bonds. The number of amides is 2. The lowest BCUT2D eigenvalue weighted by Crippen LogP contribution is -2.52. The molecule has 1 atom stereocenters. The molecule has 0 aliphatic carbocycles. The van der Waals surface area contributed by atoms with Gasteiger partial charge in [-0.2, -0.15) is 0 Å². The summed E-state index contributed by atoms with van der Waals surface area (Å²) in [6.07, 6.45) is 3.56. The normalized spacial score (nSPS) is 16.0. The number of hydrogen-bond acceptors (Lipinski definition) is 6. The Hall–Kier alpha value is -3.17. The Morgan fingerprint density at radius 1 is 1.30 bits per heavy atom. The number of nitrogens with one attached hydrogen (secondary N) is 2. The maximum absolute atomic E-state index is 12.8. The van der Waals surface area contributed by atoms with Gasteiger partial charge in [0, 0.05) is 50.7 Å². The summed E-state index contributed by atoms with van der Waals surface area (Å²) in [6.45, 7) is 1.75. The molecule has 1 fully saturated rings. The molecule has 4 rings (SSSR count). The van der Waals surface area contributed by atoms with Crippen molar-refractivity contribution in [2.45, 2.75) is 6.04 Å². The lowest BCUT2D eigenvalue weighted by Gasteiger charge is -2.35. The van der Waals surface area contributed by atoms with Crippen LogP contribution < -0.4 is 10.6 Å². The van der Waals surface area contributed by atoms with E-state index in [1.165, 1.54) is 0 Å². The fourth-order valence-corrected chi connectivity index (χ4v) is 3.40. The second-order valence-corrected chi connectivity index (χ2v) is 6.83. The molecular formula is C20H23ClN6O3. The van der Waals surface area contributed by atoms with E-state index in [0.717, 1.165) is 11.4 Å². The molecule has 3 aromatic rings. The second kappa shape index (κ2) is 9.55. The van der Waals surface area contributed by atoms with Crippen molar-refractivity contribution in [3.63, 3.8) is 0 Å². The van der Waals surface area contributed by atoms with Gasteiger partial charge in [0.05, 0.1) is 6.54 Å². The number of piperazine rings is 1. The Morgan fingerprint density at radius 3 is 2.83 bits per heavy atom. The summed E-state index contributed by atoms with van der Waals surface area (Å²) >= 11 is 0. The van der Waals surface area contributed by atoms with Crippen LogP contribution in [0.2, 0.25) is 0 Å². The SMILES string of the molecule is Cl.Cn1ccnc1C1CNCCN1C(=O)CNC(=O)c1cc(-c2ccccc2)on1. The highest BCUT2D eigenvalue weighted by Crippen LogP contribution is 2.21. The molecular weight excluding hydrogens is 408 g/mol. The predicted molar refractivity (Wildman–Crippen MR) is 112 cm³/mol. The van der Waals surface area contributed by atoms with Gasteiger partial charge in [-0.3, -0.25) is 9.59 Å². The van der Waals surface area contributed by atoms with Crippen molar-refractivity contribution in [1.82, 2.24) is 30.2 Å². The molecule has 1 aliphatic heterocycles. The van der Waals surface area contributed by atoms with Gasteiger partial charge in [-0.1, -0.05) is 35.5 Å². The van der Waals surface area contributed by atoms with Crippen molar-refractivity contribution in [3.8, 4) is 11.3 Å². The van der Waals surface area contributed by atoms with Crippen LogP contribution in [0.4, 0.5) is 0 Å². The lowest BCUT2D eigenvalue weighted by molar-refractivity contribution is -0.133. The number of aromatic nitrogens is 3. The first-order valence-electron chi connectivity index (χ1n) is 9.41. The van der Waals surface area contributed by atoms with Gasteiger partial charge in [0.25, 0.3) is 5.91 Å². The van der Waals surface area contributed by atoms with Crippen LogP contribution in [0.25, 0.3) is 11.3 Å². The second-order valence-electron chi connectivity index (χ2n) is 6.83. The van der Waals surface area contributed by atoms with Gasteiger partial charge < -0.3 is 24.6 Å². The fourth-order valence-electron chi connectivity index (χ4n) is 3.40. The molecule has 1 unspecified atom stereocenters. The van der Waals surface area contributed by atoms with E-state index in [4.69, 9.17) is 4.52 Å². The van der Waals surface area contributed by atoms with Crippen molar-refractivity contribution in [2.75, 3.05) is 26.2 Å². The first-order valence-corrected chi connectivity index (χ1v) is 9.41. The highest BCUT2D eigenvalue weighted by atomic mass is 35.5. The van der Waals surface area contributed by atoms with Crippen molar-refractivity contribution in [3.05, 3.63) is 60.3 Å². The van der Waals surface area contributed by atoms with Gasteiger partial charge in [-0.05, 0) is 0 Å². The smallest absolute Gasteiger partial charge is 0.273 e. The maximum atomic E-state index is 12.8. The predicted octanol–water partition coefficient (Wildman–Crippen LogP) is 1.40. The van der Waals surface area contributed by atoms with Crippen LogP contribution in [-0.2, 0) is 11.8 Å². The molecule has 10 heteroatoms. The minimum Gasteiger partial charge on any atom is -0.355 e. The fraction of sp³-hybridized carbons (Fsp3) is 0.300. The van der Waals surface area contributed by atoms with Crippen LogP contribution in [0.5, 0.6) is 0 Å². The Kier molecular flexibility index (Phi) is 6.86. The average Bonchev–Trinajstić information content (AvgIpc) is 3.42. The van der Waals surface area contributed by atoms with E-state index < -0.39 is 5.91 Å². The summed E-state index contributed by atoms with van der Waals surface area (Å²) in [5, 5.41) is 9.74. The molecule has 2 N–H and O–H groups in total. The summed E-state index contributed by atoms with van der Waals surface area (Å²) in [4.78, 5) is 31.3. The number of aryl methyl sites for hydroxylation is 1. The Labute approximate surface area is 179 Å². The number of imidazole rings is 1. The van der Waals surface area contributed by atoms with Gasteiger partial charge in [-0.25, -0.2) is 4.98 Å². The molecule has 1 aliphatic rings. The standard InChI is InChI=1S/C20H22N6O3.ClH/c1-25-9-8-22-19(25)16-12-21-7-10-26(16)18(27)13-23-20(28)15-11-17(29-24-15)14-5-3-2-4-6-14;/h2-6,8-9,11,16,21H,7,10,12-13H2,1H3,(H,23,28);1H. The molecule has 30 heavy (non-hydrogen) atoms. The summed E-state index contributed by atoms with van der Waals surface area (Å²) in [5.74, 6) is 0.687. The van der Waals surface area contributed by atoms with Crippen molar-refractivity contribution >= 4 is 24.2 Å². The average molecular weight is 431 g/mol. The zero-order chi connectivity index (χ0) is 20.2. The van der Waals surface area contributed by atoms with Crippen molar-refractivity contribution in [2.24, 2.45) is 7.05 Å². The van der Waals surface area contributed by atoms with E-state index in [1.807, 2.05) is 48.1 Å². The molecule has 0 saturated carbocycles.